The summed E-state index contributed by atoms with van der Waals surface area (Å²) in [5.41, 5.74) is -0.530. The molecule has 0 radical (unpaired) electrons. The number of hydrogen-bond donors (Lipinski definition) is 1. The molecule has 0 bridgehead atoms. The van der Waals surface area contributed by atoms with E-state index in [0.29, 0.717) is 13.0 Å². The average Bonchev–Trinajstić information content (AvgIpc) is 2.96. The summed E-state index contributed by atoms with van der Waals surface area (Å²) in [6.45, 7) is 9.98. The molecule has 0 spiro atoms. The predicted octanol–water partition coefficient (Wildman–Crippen LogP) is 3.03. The topological polar surface area (TPSA) is 67.9 Å². The van der Waals surface area contributed by atoms with Gasteiger partial charge in [0.15, 0.2) is 0 Å². The Morgan fingerprint density at radius 2 is 2.00 bits per heavy atom. The first-order valence-electron chi connectivity index (χ1n) is 9.54. The van der Waals surface area contributed by atoms with Crippen molar-refractivity contribution in [3.8, 4) is 0 Å². The number of esters is 1. The van der Waals surface area contributed by atoms with Crippen molar-refractivity contribution in [2.24, 2.45) is 0 Å². The molecule has 1 N–H and O–H groups in total. The second-order valence-corrected chi connectivity index (χ2v) is 7.83. The minimum Gasteiger partial charge on any atom is -0.467 e. The number of methoxy groups -OCH3 is 1. The molecule has 150 valence electrons. The highest BCUT2D eigenvalue weighted by Crippen LogP contribution is 2.38. The lowest BCUT2D eigenvalue weighted by Crippen LogP contribution is -2.59. The molecule has 6 heteroatoms. The van der Waals surface area contributed by atoms with Gasteiger partial charge in [-0.05, 0) is 39.7 Å². The van der Waals surface area contributed by atoms with E-state index in [1.54, 1.807) is 6.92 Å². The molecule has 1 heterocycles. The number of nitrogens with zero attached hydrogens (tertiary/aromatic N) is 1. The standard InChI is InChI=1S/C21H32N2O4/c1-7-13-21(5,19(25)26-6)22-18(24)15(2)23-17(14-27-20(23,3)4)16-11-9-8-10-12-16/h8-12,15,17H,7,13-14H2,1-6H3,(H,22,24)/t15-,17-,21-/m0/s1. The average molecular weight is 376 g/mol. The highest BCUT2D eigenvalue weighted by Gasteiger charge is 2.47. The fourth-order valence-corrected chi connectivity index (χ4v) is 3.92. The number of nitrogens with one attached hydrogen (secondary N) is 1. The molecular formula is C21H32N2O4. The summed E-state index contributed by atoms with van der Waals surface area (Å²) in [4.78, 5) is 27.4. The highest BCUT2D eigenvalue weighted by molar-refractivity contribution is 5.90. The largest absolute Gasteiger partial charge is 0.467 e. The third-order valence-corrected chi connectivity index (χ3v) is 5.32. The van der Waals surface area contributed by atoms with Gasteiger partial charge in [-0.3, -0.25) is 9.69 Å². The molecule has 0 aliphatic carbocycles. The Kier molecular flexibility index (Phi) is 6.65. The SMILES string of the molecule is CCC[C@](C)(NC(=O)[C@H](C)N1[C@H](c2ccccc2)COC1(C)C)C(=O)OC. The van der Waals surface area contributed by atoms with Crippen LogP contribution >= 0.6 is 0 Å². The van der Waals surface area contributed by atoms with Crippen LogP contribution in [0, 0.1) is 0 Å². The minimum atomic E-state index is -1.04. The molecule has 1 aromatic carbocycles. The van der Waals surface area contributed by atoms with E-state index in [-0.39, 0.29) is 11.9 Å². The fourth-order valence-electron chi connectivity index (χ4n) is 3.92. The second-order valence-electron chi connectivity index (χ2n) is 7.83. The summed E-state index contributed by atoms with van der Waals surface area (Å²) in [5, 5.41) is 2.92. The van der Waals surface area contributed by atoms with E-state index in [1.807, 2.05) is 58.0 Å². The van der Waals surface area contributed by atoms with Crippen LogP contribution in [0.1, 0.15) is 59.1 Å². The van der Waals surface area contributed by atoms with Crippen molar-refractivity contribution in [3.05, 3.63) is 35.9 Å². The van der Waals surface area contributed by atoms with Crippen LogP contribution in [0.4, 0.5) is 0 Å². The van der Waals surface area contributed by atoms with Crippen molar-refractivity contribution in [3.63, 3.8) is 0 Å². The number of carbonyl (C=O) groups is 2. The maximum atomic E-state index is 13.1. The summed E-state index contributed by atoms with van der Waals surface area (Å²) in [5.74, 6) is -0.641. The first-order chi connectivity index (χ1) is 12.7. The zero-order valence-corrected chi connectivity index (χ0v) is 17.2. The molecule has 1 amide bonds. The number of benzene rings is 1. The van der Waals surface area contributed by atoms with Crippen molar-refractivity contribution in [2.45, 2.75) is 70.8 Å². The Bertz CT molecular complexity index is 661. The molecule has 1 saturated heterocycles. The van der Waals surface area contributed by atoms with Crippen molar-refractivity contribution in [1.29, 1.82) is 0 Å². The fraction of sp³-hybridized carbons (Fsp3) is 0.619. The summed E-state index contributed by atoms with van der Waals surface area (Å²) in [6, 6.07) is 9.52. The number of hydrogen-bond acceptors (Lipinski definition) is 5. The predicted molar refractivity (Wildman–Crippen MR) is 104 cm³/mol. The van der Waals surface area contributed by atoms with Crippen LogP contribution in [0.15, 0.2) is 30.3 Å². The summed E-state index contributed by atoms with van der Waals surface area (Å²) in [7, 11) is 1.34. The molecule has 0 saturated carbocycles. The first kappa shape index (κ1) is 21.4. The van der Waals surface area contributed by atoms with Gasteiger partial charge < -0.3 is 14.8 Å². The van der Waals surface area contributed by atoms with Crippen molar-refractivity contribution in [2.75, 3.05) is 13.7 Å². The zero-order chi connectivity index (χ0) is 20.2. The lowest BCUT2D eigenvalue weighted by atomic mass is 9.95. The van der Waals surface area contributed by atoms with E-state index in [1.165, 1.54) is 7.11 Å². The van der Waals surface area contributed by atoms with Crippen LogP contribution in [-0.2, 0) is 19.1 Å². The molecule has 1 fully saturated rings. The van der Waals surface area contributed by atoms with Gasteiger partial charge in [-0.2, -0.15) is 0 Å². The van der Waals surface area contributed by atoms with Gasteiger partial charge in [0.2, 0.25) is 5.91 Å². The van der Waals surface area contributed by atoms with Gasteiger partial charge in [-0.1, -0.05) is 43.7 Å². The van der Waals surface area contributed by atoms with Gasteiger partial charge >= 0.3 is 5.97 Å². The molecule has 1 aliphatic heterocycles. The quantitative estimate of drug-likeness (QED) is 0.741. The van der Waals surface area contributed by atoms with E-state index in [2.05, 4.69) is 10.2 Å². The second kappa shape index (κ2) is 8.40. The highest BCUT2D eigenvalue weighted by atomic mass is 16.5. The number of carbonyl (C=O) groups excluding carboxylic acids is 2. The maximum absolute atomic E-state index is 13.1. The molecule has 0 unspecified atom stereocenters. The van der Waals surface area contributed by atoms with Gasteiger partial charge in [0.25, 0.3) is 0 Å². The Morgan fingerprint density at radius 3 is 2.56 bits per heavy atom. The summed E-state index contributed by atoms with van der Waals surface area (Å²) in [6.07, 6.45) is 1.27. The number of ether oxygens (including phenoxy) is 2. The monoisotopic (exact) mass is 376 g/mol. The van der Waals surface area contributed by atoms with Crippen LogP contribution in [0.3, 0.4) is 0 Å². The maximum Gasteiger partial charge on any atom is 0.331 e. The normalized spacial score (nSPS) is 22.7. The van der Waals surface area contributed by atoms with Gasteiger partial charge in [0, 0.05) is 0 Å². The molecule has 1 aromatic rings. The summed E-state index contributed by atoms with van der Waals surface area (Å²) < 4.78 is 10.9. The van der Waals surface area contributed by atoms with Crippen molar-refractivity contribution >= 4 is 11.9 Å². The van der Waals surface area contributed by atoms with Gasteiger partial charge in [0.05, 0.1) is 25.8 Å². The van der Waals surface area contributed by atoms with Gasteiger partial charge in [0.1, 0.15) is 11.3 Å². The van der Waals surface area contributed by atoms with E-state index in [9.17, 15) is 9.59 Å². The summed E-state index contributed by atoms with van der Waals surface area (Å²) >= 11 is 0. The Morgan fingerprint density at radius 1 is 1.37 bits per heavy atom. The van der Waals surface area contributed by atoms with Crippen LogP contribution in [-0.4, -0.2) is 47.8 Å². The van der Waals surface area contributed by atoms with E-state index < -0.39 is 23.3 Å². The van der Waals surface area contributed by atoms with Gasteiger partial charge in [-0.25, -0.2) is 4.79 Å². The molecular weight excluding hydrogens is 344 g/mol. The zero-order valence-electron chi connectivity index (χ0n) is 17.2. The molecule has 3 atom stereocenters. The Hall–Kier alpha value is -1.92. The molecule has 27 heavy (non-hydrogen) atoms. The van der Waals surface area contributed by atoms with Crippen LogP contribution in [0.25, 0.3) is 0 Å². The third kappa shape index (κ3) is 4.50. The van der Waals surface area contributed by atoms with E-state index in [0.717, 1.165) is 12.0 Å². The molecule has 0 aromatic heterocycles. The Balaban J connectivity index is 2.25. The van der Waals surface area contributed by atoms with Crippen LogP contribution < -0.4 is 5.32 Å². The smallest absolute Gasteiger partial charge is 0.331 e. The lowest BCUT2D eigenvalue weighted by Gasteiger charge is -2.39. The number of rotatable bonds is 7. The molecule has 6 nitrogen and oxygen atoms in total. The van der Waals surface area contributed by atoms with Crippen LogP contribution in [0.5, 0.6) is 0 Å². The van der Waals surface area contributed by atoms with Gasteiger partial charge in [-0.15, -0.1) is 0 Å². The van der Waals surface area contributed by atoms with Crippen molar-refractivity contribution in [1.82, 2.24) is 10.2 Å². The first-order valence-corrected chi connectivity index (χ1v) is 9.54. The van der Waals surface area contributed by atoms with Crippen LogP contribution in [0.2, 0.25) is 0 Å². The minimum absolute atomic E-state index is 0.0301. The lowest BCUT2D eigenvalue weighted by molar-refractivity contribution is -0.152. The molecule has 2 rings (SSSR count). The van der Waals surface area contributed by atoms with E-state index >= 15 is 0 Å². The third-order valence-electron chi connectivity index (χ3n) is 5.32. The molecule has 1 aliphatic rings. The Labute approximate surface area is 162 Å². The van der Waals surface area contributed by atoms with E-state index in [4.69, 9.17) is 9.47 Å². The van der Waals surface area contributed by atoms with Crippen molar-refractivity contribution < 1.29 is 19.1 Å². The number of amides is 1.